The fraction of sp³-hybridized carbons (Fsp3) is 0.417. The number of aromatic amines is 1. The lowest BCUT2D eigenvalue weighted by Crippen LogP contribution is -1.95. The maximum absolute atomic E-state index is 13.6. The van der Waals surface area contributed by atoms with Crippen LogP contribution in [0, 0.1) is 16.5 Å². The van der Waals surface area contributed by atoms with Crippen molar-refractivity contribution in [3.8, 4) is 0 Å². The molecule has 1 saturated carbocycles. The Hall–Kier alpha value is -1.16. The first-order valence-corrected chi connectivity index (χ1v) is 6.02. The predicted octanol–water partition coefficient (Wildman–Crippen LogP) is 3.81. The zero-order valence-corrected chi connectivity index (χ0v) is 9.85. The van der Waals surface area contributed by atoms with Crippen LogP contribution in [0.4, 0.5) is 4.39 Å². The molecule has 1 heterocycles. The first-order valence-electron chi connectivity index (χ1n) is 5.61. The van der Waals surface area contributed by atoms with E-state index in [1.165, 1.54) is 6.07 Å². The van der Waals surface area contributed by atoms with E-state index in [-0.39, 0.29) is 5.82 Å². The molecule has 0 aliphatic heterocycles. The van der Waals surface area contributed by atoms with E-state index < -0.39 is 0 Å². The summed E-state index contributed by atoms with van der Waals surface area (Å²) in [5.41, 5.74) is 1.43. The third-order valence-electron chi connectivity index (χ3n) is 3.44. The van der Waals surface area contributed by atoms with Gasteiger partial charge in [-0.2, -0.15) is 0 Å². The zero-order chi connectivity index (χ0) is 11.3. The molecule has 0 bridgehead atoms. The minimum atomic E-state index is -0.226. The van der Waals surface area contributed by atoms with Gasteiger partial charge in [-0.3, -0.25) is 0 Å². The van der Waals surface area contributed by atoms with Crippen LogP contribution in [0.25, 0.3) is 11.0 Å². The molecule has 0 amide bonds. The first kappa shape index (κ1) is 10.0. The topological polar surface area (TPSA) is 20.7 Å². The van der Waals surface area contributed by atoms with Gasteiger partial charge < -0.3 is 9.55 Å². The second kappa shape index (κ2) is 3.42. The van der Waals surface area contributed by atoms with Crippen molar-refractivity contribution in [1.82, 2.24) is 9.55 Å². The van der Waals surface area contributed by atoms with Gasteiger partial charge in [-0.1, -0.05) is 19.4 Å². The van der Waals surface area contributed by atoms with Crippen LogP contribution in [0.1, 0.15) is 25.8 Å². The second-order valence-electron chi connectivity index (χ2n) is 4.41. The van der Waals surface area contributed by atoms with Gasteiger partial charge in [0, 0.05) is 6.04 Å². The van der Waals surface area contributed by atoms with Crippen molar-refractivity contribution in [2.45, 2.75) is 25.8 Å². The van der Waals surface area contributed by atoms with Gasteiger partial charge in [-0.25, -0.2) is 4.39 Å². The molecule has 1 fully saturated rings. The molecule has 1 aliphatic rings. The minimum Gasteiger partial charge on any atom is -0.328 e. The number of nitrogens with zero attached hydrogens (tertiary/aromatic N) is 1. The highest BCUT2D eigenvalue weighted by atomic mass is 32.1. The van der Waals surface area contributed by atoms with Crippen molar-refractivity contribution in [1.29, 1.82) is 0 Å². The quantitative estimate of drug-likeness (QED) is 0.786. The van der Waals surface area contributed by atoms with E-state index in [2.05, 4.69) is 16.5 Å². The molecule has 1 aliphatic carbocycles. The van der Waals surface area contributed by atoms with Crippen molar-refractivity contribution < 1.29 is 4.39 Å². The summed E-state index contributed by atoms with van der Waals surface area (Å²) < 4.78 is 16.3. The van der Waals surface area contributed by atoms with Crippen LogP contribution < -0.4 is 0 Å². The number of aromatic nitrogens is 2. The van der Waals surface area contributed by atoms with Gasteiger partial charge >= 0.3 is 0 Å². The number of fused-ring (bicyclic) bond motifs is 1. The molecule has 2 nitrogen and oxygen atoms in total. The maximum atomic E-state index is 13.6. The first-order chi connectivity index (χ1) is 7.72. The molecule has 1 aromatic carbocycles. The molecule has 3 rings (SSSR count). The number of benzene rings is 1. The Labute approximate surface area is 98.1 Å². The van der Waals surface area contributed by atoms with Crippen LogP contribution in [-0.4, -0.2) is 9.55 Å². The highest BCUT2D eigenvalue weighted by Crippen LogP contribution is 2.47. The average Bonchev–Trinajstić information content (AvgIpc) is 2.95. The number of hydrogen-bond donors (Lipinski definition) is 1. The molecule has 1 N–H and O–H groups in total. The van der Waals surface area contributed by atoms with Gasteiger partial charge in [0.15, 0.2) is 4.77 Å². The van der Waals surface area contributed by atoms with E-state index in [9.17, 15) is 4.39 Å². The van der Waals surface area contributed by atoms with Gasteiger partial charge in [-0.15, -0.1) is 0 Å². The normalized spacial score (nSPS) is 23.9. The third-order valence-corrected chi connectivity index (χ3v) is 3.74. The highest BCUT2D eigenvalue weighted by Gasteiger charge is 2.38. The van der Waals surface area contributed by atoms with Gasteiger partial charge in [-0.05, 0) is 36.7 Å². The fourth-order valence-electron chi connectivity index (χ4n) is 2.43. The summed E-state index contributed by atoms with van der Waals surface area (Å²) in [7, 11) is 0. The summed E-state index contributed by atoms with van der Waals surface area (Å²) in [6, 6.07) is 5.59. The Morgan fingerprint density at radius 3 is 3.06 bits per heavy atom. The summed E-state index contributed by atoms with van der Waals surface area (Å²) in [5, 5.41) is 0. The van der Waals surface area contributed by atoms with E-state index >= 15 is 0 Å². The van der Waals surface area contributed by atoms with Gasteiger partial charge in [0.05, 0.1) is 5.52 Å². The van der Waals surface area contributed by atoms with E-state index in [1.807, 2.05) is 6.07 Å². The average molecular weight is 236 g/mol. The summed E-state index contributed by atoms with van der Waals surface area (Å²) in [6.45, 7) is 2.18. The smallest absolute Gasteiger partial charge is 0.178 e. The van der Waals surface area contributed by atoms with Crippen LogP contribution in [0.3, 0.4) is 0 Å². The van der Waals surface area contributed by atoms with Crippen molar-refractivity contribution >= 4 is 23.3 Å². The summed E-state index contributed by atoms with van der Waals surface area (Å²) in [6.07, 6.45) is 2.32. The number of nitrogens with one attached hydrogen (secondary N) is 1. The molecule has 2 atom stereocenters. The molecule has 84 valence electrons. The maximum Gasteiger partial charge on any atom is 0.178 e. The molecule has 0 saturated heterocycles. The molecule has 1 aromatic heterocycles. The van der Waals surface area contributed by atoms with Crippen LogP contribution in [-0.2, 0) is 0 Å². The lowest BCUT2D eigenvalue weighted by atomic mass is 10.3. The van der Waals surface area contributed by atoms with E-state index in [0.717, 1.165) is 18.4 Å². The zero-order valence-electron chi connectivity index (χ0n) is 9.03. The summed E-state index contributed by atoms with van der Waals surface area (Å²) in [4.78, 5) is 2.96. The van der Waals surface area contributed by atoms with E-state index in [4.69, 9.17) is 12.2 Å². The monoisotopic (exact) mass is 236 g/mol. The number of rotatable bonds is 2. The Morgan fingerprint density at radius 1 is 1.56 bits per heavy atom. The van der Waals surface area contributed by atoms with Crippen molar-refractivity contribution in [3.63, 3.8) is 0 Å². The standard InChI is InChI=1S/C12H13FN2S/c1-2-7-6-10(7)15-9-5-3-4-8(13)11(9)14-12(15)16/h3-5,7,10H,2,6H2,1H3,(H,14,16). The molecular weight excluding hydrogens is 223 g/mol. The van der Waals surface area contributed by atoms with Crippen molar-refractivity contribution in [2.24, 2.45) is 5.92 Å². The van der Waals surface area contributed by atoms with Crippen LogP contribution in [0.15, 0.2) is 18.2 Å². The lowest BCUT2D eigenvalue weighted by Gasteiger charge is -2.02. The fourth-order valence-corrected chi connectivity index (χ4v) is 2.77. The molecule has 4 heteroatoms. The Balaban J connectivity index is 2.21. The molecular formula is C12H13FN2S. The highest BCUT2D eigenvalue weighted by molar-refractivity contribution is 7.71. The van der Waals surface area contributed by atoms with Crippen LogP contribution in [0.2, 0.25) is 0 Å². The van der Waals surface area contributed by atoms with Crippen LogP contribution in [0.5, 0.6) is 0 Å². The molecule has 16 heavy (non-hydrogen) atoms. The van der Waals surface area contributed by atoms with Gasteiger partial charge in [0.2, 0.25) is 0 Å². The Morgan fingerprint density at radius 2 is 2.38 bits per heavy atom. The third kappa shape index (κ3) is 1.33. The number of hydrogen-bond acceptors (Lipinski definition) is 1. The SMILES string of the molecule is CCC1CC1n1c(=S)[nH]c2c(F)cccc21. The van der Waals surface area contributed by atoms with Crippen molar-refractivity contribution in [2.75, 3.05) is 0 Å². The van der Waals surface area contributed by atoms with E-state index in [1.54, 1.807) is 6.07 Å². The molecule has 2 aromatic rings. The summed E-state index contributed by atoms with van der Waals surface area (Å²) in [5.74, 6) is 0.477. The summed E-state index contributed by atoms with van der Waals surface area (Å²) >= 11 is 5.27. The lowest BCUT2D eigenvalue weighted by molar-refractivity contribution is 0.636. The molecule has 0 spiro atoms. The van der Waals surface area contributed by atoms with Gasteiger partial charge in [0.25, 0.3) is 0 Å². The Kier molecular flexibility index (Phi) is 2.14. The number of H-pyrrole nitrogens is 1. The number of para-hydroxylation sites is 1. The van der Waals surface area contributed by atoms with E-state index in [0.29, 0.717) is 22.2 Å². The Bertz CT molecular complexity index is 599. The minimum absolute atomic E-state index is 0.226. The van der Waals surface area contributed by atoms with Crippen LogP contribution >= 0.6 is 12.2 Å². The van der Waals surface area contributed by atoms with Gasteiger partial charge in [0.1, 0.15) is 11.3 Å². The largest absolute Gasteiger partial charge is 0.328 e. The predicted molar refractivity (Wildman–Crippen MR) is 64.5 cm³/mol. The number of imidazole rings is 1. The molecule has 2 unspecified atom stereocenters. The second-order valence-corrected chi connectivity index (χ2v) is 4.79. The number of halogens is 1. The molecule has 0 radical (unpaired) electrons. The van der Waals surface area contributed by atoms with Crippen molar-refractivity contribution in [3.05, 3.63) is 28.8 Å².